The smallest absolute Gasteiger partial charge is 0.319 e. The van der Waals surface area contributed by atoms with E-state index in [0.717, 1.165) is 37.7 Å². The third-order valence-electron chi connectivity index (χ3n) is 3.20. The van der Waals surface area contributed by atoms with E-state index in [4.69, 9.17) is 0 Å². The van der Waals surface area contributed by atoms with Crippen molar-refractivity contribution in [2.45, 2.75) is 45.2 Å². The topological polar surface area (TPSA) is 53.2 Å². The number of urea groups is 1. The highest BCUT2D eigenvalue weighted by Gasteiger charge is 2.19. The van der Waals surface area contributed by atoms with E-state index < -0.39 is 0 Å². The van der Waals surface area contributed by atoms with Crippen molar-refractivity contribution >= 4 is 11.7 Å². The zero-order chi connectivity index (χ0) is 13.5. The second-order valence-corrected chi connectivity index (χ2v) is 5.09. The van der Waals surface area contributed by atoms with Gasteiger partial charge in [-0.05, 0) is 37.0 Å². The van der Waals surface area contributed by atoms with Gasteiger partial charge in [-0.2, -0.15) is 0 Å². The molecule has 2 rings (SSSR count). The van der Waals surface area contributed by atoms with Crippen molar-refractivity contribution < 1.29 is 4.79 Å². The molecular weight excluding hydrogens is 238 g/mol. The Morgan fingerprint density at radius 1 is 1.26 bits per heavy atom. The van der Waals surface area contributed by atoms with Gasteiger partial charge in [-0.25, -0.2) is 4.79 Å². The van der Waals surface area contributed by atoms with Crippen LogP contribution in [0.25, 0.3) is 0 Å². The molecule has 1 saturated carbocycles. The SMILES string of the molecule is CCCCNC(=O)Nc1ccc(CNC2CC2)cc1. The lowest BCUT2D eigenvalue weighted by molar-refractivity contribution is 0.252. The van der Waals surface area contributed by atoms with Crippen LogP contribution < -0.4 is 16.0 Å². The van der Waals surface area contributed by atoms with Crippen molar-refractivity contribution in [2.24, 2.45) is 0 Å². The maximum atomic E-state index is 11.6. The fourth-order valence-corrected chi connectivity index (χ4v) is 1.81. The van der Waals surface area contributed by atoms with Gasteiger partial charge in [-0.15, -0.1) is 0 Å². The summed E-state index contributed by atoms with van der Waals surface area (Å²) in [4.78, 5) is 11.6. The van der Waals surface area contributed by atoms with Gasteiger partial charge in [0.1, 0.15) is 0 Å². The van der Waals surface area contributed by atoms with E-state index in [-0.39, 0.29) is 6.03 Å². The number of carbonyl (C=O) groups is 1. The Kier molecular flexibility index (Phi) is 5.21. The molecule has 1 fully saturated rings. The molecule has 0 aliphatic heterocycles. The van der Waals surface area contributed by atoms with Crippen LogP contribution >= 0.6 is 0 Å². The molecular formula is C15H23N3O. The highest BCUT2D eigenvalue weighted by molar-refractivity contribution is 5.89. The summed E-state index contributed by atoms with van der Waals surface area (Å²) in [5, 5.41) is 9.14. The average Bonchev–Trinajstić information content (AvgIpc) is 3.22. The average molecular weight is 261 g/mol. The Bertz CT molecular complexity index is 398. The minimum atomic E-state index is -0.127. The molecule has 0 bridgehead atoms. The molecule has 0 spiro atoms. The number of carbonyl (C=O) groups excluding carboxylic acids is 1. The molecule has 0 unspecified atom stereocenters. The van der Waals surface area contributed by atoms with E-state index in [0.29, 0.717) is 0 Å². The minimum absolute atomic E-state index is 0.127. The maximum absolute atomic E-state index is 11.6. The first-order valence-corrected chi connectivity index (χ1v) is 7.15. The molecule has 0 radical (unpaired) electrons. The van der Waals surface area contributed by atoms with Crippen LogP contribution in [0.15, 0.2) is 24.3 Å². The van der Waals surface area contributed by atoms with E-state index in [1.54, 1.807) is 0 Å². The number of rotatable bonds is 7. The Labute approximate surface area is 115 Å². The van der Waals surface area contributed by atoms with Gasteiger partial charge in [0.05, 0.1) is 0 Å². The standard InChI is InChI=1S/C15H23N3O/c1-2-3-10-16-15(19)18-14-6-4-12(5-7-14)11-17-13-8-9-13/h4-7,13,17H,2-3,8-11H2,1H3,(H2,16,18,19). The van der Waals surface area contributed by atoms with Crippen molar-refractivity contribution in [2.75, 3.05) is 11.9 Å². The Balaban J connectivity index is 1.72. The number of hydrogen-bond acceptors (Lipinski definition) is 2. The van der Waals surface area contributed by atoms with E-state index in [9.17, 15) is 4.79 Å². The number of nitrogens with one attached hydrogen (secondary N) is 3. The van der Waals surface area contributed by atoms with Gasteiger partial charge in [0, 0.05) is 24.8 Å². The van der Waals surface area contributed by atoms with Crippen LogP contribution in [0.5, 0.6) is 0 Å². The van der Waals surface area contributed by atoms with Gasteiger partial charge in [0.2, 0.25) is 0 Å². The van der Waals surface area contributed by atoms with Gasteiger partial charge >= 0.3 is 6.03 Å². The molecule has 4 nitrogen and oxygen atoms in total. The van der Waals surface area contributed by atoms with Crippen LogP contribution in [0.1, 0.15) is 38.2 Å². The number of benzene rings is 1. The van der Waals surface area contributed by atoms with Crippen molar-refractivity contribution in [1.29, 1.82) is 0 Å². The summed E-state index contributed by atoms with van der Waals surface area (Å²) in [6.07, 6.45) is 4.71. The number of anilines is 1. The first-order valence-electron chi connectivity index (χ1n) is 7.15. The fourth-order valence-electron chi connectivity index (χ4n) is 1.81. The monoisotopic (exact) mass is 261 g/mol. The number of hydrogen-bond donors (Lipinski definition) is 3. The predicted octanol–water partition coefficient (Wildman–Crippen LogP) is 2.86. The van der Waals surface area contributed by atoms with Crippen LogP contribution in [0.2, 0.25) is 0 Å². The zero-order valence-electron chi connectivity index (χ0n) is 11.5. The Hall–Kier alpha value is -1.55. The zero-order valence-corrected chi connectivity index (χ0v) is 11.5. The summed E-state index contributed by atoms with van der Waals surface area (Å²) in [6.45, 7) is 3.74. The van der Waals surface area contributed by atoms with Crippen LogP contribution in [-0.2, 0) is 6.54 Å². The first kappa shape index (κ1) is 13.9. The molecule has 0 atom stereocenters. The lowest BCUT2D eigenvalue weighted by atomic mass is 10.2. The largest absolute Gasteiger partial charge is 0.338 e. The van der Waals surface area contributed by atoms with Gasteiger partial charge in [0.15, 0.2) is 0 Å². The summed E-state index contributed by atoms with van der Waals surface area (Å²) in [7, 11) is 0. The van der Waals surface area contributed by atoms with Crippen LogP contribution in [-0.4, -0.2) is 18.6 Å². The van der Waals surface area contributed by atoms with Gasteiger partial charge in [0.25, 0.3) is 0 Å². The molecule has 1 aromatic rings. The molecule has 2 amide bonds. The molecule has 1 aromatic carbocycles. The molecule has 3 N–H and O–H groups in total. The highest BCUT2D eigenvalue weighted by Crippen LogP contribution is 2.19. The van der Waals surface area contributed by atoms with Crippen LogP contribution in [0.4, 0.5) is 10.5 Å². The second-order valence-electron chi connectivity index (χ2n) is 5.09. The summed E-state index contributed by atoms with van der Waals surface area (Å²) < 4.78 is 0. The number of amides is 2. The Morgan fingerprint density at radius 2 is 2.00 bits per heavy atom. The highest BCUT2D eigenvalue weighted by atomic mass is 16.2. The second kappa shape index (κ2) is 7.14. The number of unbranched alkanes of at least 4 members (excludes halogenated alkanes) is 1. The van der Waals surface area contributed by atoms with Crippen LogP contribution in [0, 0.1) is 0 Å². The van der Waals surface area contributed by atoms with E-state index >= 15 is 0 Å². The van der Waals surface area contributed by atoms with Crippen LogP contribution in [0.3, 0.4) is 0 Å². The van der Waals surface area contributed by atoms with E-state index in [1.807, 2.05) is 12.1 Å². The van der Waals surface area contributed by atoms with E-state index in [2.05, 4.69) is 35.0 Å². The summed E-state index contributed by atoms with van der Waals surface area (Å²) in [5.74, 6) is 0. The minimum Gasteiger partial charge on any atom is -0.338 e. The molecule has 104 valence electrons. The summed E-state index contributed by atoms with van der Waals surface area (Å²) in [6, 6.07) is 8.60. The molecule has 1 aliphatic carbocycles. The molecule has 0 heterocycles. The van der Waals surface area contributed by atoms with Crippen molar-refractivity contribution in [1.82, 2.24) is 10.6 Å². The third-order valence-corrected chi connectivity index (χ3v) is 3.20. The molecule has 4 heteroatoms. The molecule has 0 aromatic heterocycles. The lowest BCUT2D eigenvalue weighted by Gasteiger charge is -2.08. The molecule has 0 saturated heterocycles. The van der Waals surface area contributed by atoms with Gasteiger partial charge in [-0.1, -0.05) is 25.5 Å². The normalized spacial score (nSPS) is 14.2. The Morgan fingerprint density at radius 3 is 2.63 bits per heavy atom. The molecule has 1 aliphatic rings. The summed E-state index contributed by atoms with van der Waals surface area (Å²) in [5.41, 5.74) is 2.09. The fraction of sp³-hybridized carbons (Fsp3) is 0.533. The van der Waals surface area contributed by atoms with Gasteiger partial charge < -0.3 is 16.0 Å². The molecule has 19 heavy (non-hydrogen) atoms. The maximum Gasteiger partial charge on any atom is 0.319 e. The third kappa shape index (κ3) is 5.30. The van der Waals surface area contributed by atoms with Crippen molar-refractivity contribution in [3.8, 4) is 0 Å². The van der Waals surface area contributed by atoms with Crippen molar-refractivity contribution in [3.63, 3.8) is 0 Å². The predicted molar refractivity (Wildman–Crippen MR) is 78.2 cm³/mol. The van der Waals surface area contributed by atoms with Gasteiger partial charge in [-0.3, -0.25) is 0 Å². The van der Waals surface area contributed by atoms with E-state index in [1.165, 1.54) is 18.4 Å². The lowest BCUT2D eigenvalue weighted by Crippen LogP contribution is -2.29. The quantitative estimate of drug-likeness (QED) is 0.661. The van der Waals surface area contributed by atoms with Crippen molar-refractivity contribution in [3.05, 3.63) is 29.8 Å². The summed E-state index contributed by atoms with van der Waals surface area (Å²) >= 11 is 0. The first-order chi connectivity index (χ1) is 9.28.